The summed E-state index contributed by atoms with van der Waals surface area (Å²) in [6.45, 7) is 0.355. The van der Waals surface area contributed by atoms with Gasteiger partial charge in [0.2, 0.25) is 17.7 Å². The number of carboxylic acids is 2. The van der Waals surface area contributed by atoms with Crippen molar-refractivity contribution in [1.29, 1.82) is 0 Å². The second kappa shape index (κ2) is 15.6. The number of nitrogens with one attached hydrogen (secondary N) is 3. The topological polar surface area (TPSA) is 234 Å². The molecule has 0 saturated heterocycles. The molecule has 0 aliphatic carbocycles. The molecule has 14 heteroatoms. The molecule has 0 bridgehead atoms. The minimum Gasteiger partial charge on any atom is -0.508 e. The third kappa shape index (κ3) is 10.9. The van der Waals surface area contributed by atoms with E-state index in [4.69, 9.17) is 11.5 Å². The maximum absolute atomic E-state index is 13.0. The number of aliphatic carboxylic acids is 2. The number of phenolic OH excluding ortho intramolecular Hbond substituents is 1. The molecule has 0 aliphatic rings. The second-order valence-corrected chi connectivity index (χ2v) is 8.43. The Hall–Kier alpha value is -3.36. The standard InChI is InChI=1S/C22H33N5O8S/c23-8-2-1-3-15(22(34)35)25-20(32)16(9-12-4-6-13(28)7-5-12)27-21(33)17(10-18(29)30)26-19(31)14(24)11-36/h4-7,14-17,28,36H,1-3,8-11,23-24H2,(H,25,32)(H,26,31)(H,27,33)(H,29,30)(H,34,35). The predicted octanol–water partition coefficient (Wildman–Crippen LogP) is -1.67. The number of nitrogens with two attached hydrogens (primary N) is 2. The third-order valence-electron chi connectivity index (χ3n) is 5.12. The highest BCUT2D eigenvalue weighted by Gasteiger charge is 2.31. The molecule has 3 amide bonds. The number of carbonyl (C=O) groups excluding carboxylic acids is 3. The SMILES string of the molecule is NCCCCC(NC(=O)C(Cc1ccc(O)cc1)NC(=O)C(CC(=O)O)NC(=O)C(N)CS)C(=O)O. The van der Waals surface area contributed by atoms with E-state index in [-0.39, 0.29) is 24.3 Å². The van der Waals surface area contributed by atoms with Crippen LogP contribution < -0.4 is 27.4 Å². The lowest BCUT2D eigenvalue weighted by atomic mass is 10.0. The van der Waals surface area contributed by atoms with Gasteiger partial charge < -0.3 is 42.7 Å². The molecule has 0 fully saturated rings. The zero-order chi connectivity index (χ0) is 27.3. The summed E-state index contributed by atoms with van der Waals surface area (Å²) in [7, 11) is 0. The van der Waals surface area contributed by atoms with Gasteiger partial charge in [0.15, 0.2) is 0 Å². The van der Waals surface area contributed by atoms with E-state index in [9.17, 15) is 39.3 Å². The van der Waals surface area contributed by atoms with Gasteiger partial charge in [-0.25, -0.2) is 4.79 Å². The number of thiol groups is 1. The normalized spacial score (nSPS) is 14.1. The Kier molecular flexibility index (Phi) is 13.3. The number of phenols is 1. The van der Waals surface area contributed by atoms with Crippen LogP contribution in [0, 0.1) is 0 Å². The second-order valence-electron chi connectivity index (χ2n) is 8.06. The van der Waals surface area contributed by atoms with Crippen LogP contribution in [0.5, 0.6) is 5.75 Å². The fraction of sp³-hybridized carbons (Fsp3) is 0.500. The first kappa shape index (κ1) is 30.7. The molecule has 1 rings (SSSR count). The van der Waals surface area contributed by atoms with E-state index < -0.39 is 60.2 Å². The van der Waals surface area contributed by atoms with E-state index >= 15 is 0 Å². The molecule has 10 N–H and O–H groups in total. The molecule has 1 aromatic rings. The summed E-state index contributed by atoms with van der Waals surface area (Å²) < 4.78 is 0. The van der Waals surface area contributed by atoms with Crippen molar-refractivity contribution in [2.75, 3.05) is 12.3 Å². The van der Waals surface area contributed by atoms with Crippen molar-refractivity contribution in [3.63, 3.8) is 0 Å². The smallest absolute Gasteiger partial charge is 0.326 e. The molecule has 4 atom stereocenters. The number of carboxylic acid groups (broad SMARTS) is 2. The van der Waals surface area contributed by atoms with Gasteiger partial charge in [0.25, 0.3) is 0 Å². The van der Waals surface area contributed by atoms with Crippen molar-refractivity contribution in [1.82, 2.24) is 16.0 Å². The first-order valence-corrected chi connectivity index (χ1v) is 11.8. The number of hydrogen-bond donors (Lipinski definition) is 9. The van der Waals surface area contributed by atoms with Gasteiger partial charge in [0.05, 0.1) is 12.5 Å². The molecule has 36 heavy (non-hydrogen) atoms. The van der Waals surface area contributed by atoms with Crippen molar-refractivity contribution < 1.29 is 39.3 Å². The molecule has 1 aromatic carbocycles. The van der Waals surface area contributed by atoms with Gasteiger partial charge in [-0.2, -0.15) is 12.6 Å². The van der Waals surface area contributed by atoms with Crippen molar-refractivity contribution in [3.8, 4) is 5.75 Å². The Morgan fingerprint density at radius 3 is 1.94 bits per heavy atom. The Balaban J connectivity index is 3.13. The van der Waals surface area contributed by atoms with E-state index in [2.05, 4.69) is 28.6 Å². The van der Waals surface area contributed by atoms with Crippen LogP contribution in [0.1, 0.15) is 31.2 Å². The summed E-state index contributed by atoms with van der Waals surface area (Å²) in [6, 6.07) is 0.502. The molecule has 0 heterocycles. The summed E-state index contributed by atoms with van der Waals surface area (Å²) >= 11 is 3.89. The zero-order valence-corrected chi connectivity index (χ0v) is 20.4. The molecular formula is C22H33N5O8S. The van der Waals surface area contributed by atoms with Crippen LogP contribution >= 0.6 is 12.6 Å². The first-order chi connectivity index (χ1) is 17.0. The summed E-state index contributed by atoms with van der Waals surface area (Å²) in [5, 5.41) is 35.2. The summed E-state index contributed by atoms with van der Waals surface area (Å²) in [4.78, 5) is 61.0. The minimum absolute atomic E-state index is 0.0283. The average molecular weight is 528 g/mol. The van der Waals surface area contributed by atoms with Crippen molar-refractivity contribution >= 4 is 42.3 Å². The third-order valence-corrected chi connectivity index (χ3v) is 5.51. The van der Waals surface area contributed by atoms with Crippen LogP contribution in [-0.2, 0) is 30.4 Å². The van der Waals surface area contributed by atoms with E-state index in [1.165, 1.54) is 24.3 Å². The number of benzene rings is 1. The Labute approximate surface area is 213 Å². The quantitative estimate of drug-likeness (QED) is 0.0876. The Bertz CT molecular complexity index is 914. The first-order valence-electron chi connectivity index (χ1n) is 11.2. The lowest BCUT2D eigenvalue weighted by Crippen LogP contribution is -2.58. The minimum atomic E-state index is -1.56. The average Bonchev–Trinajstić information content (AvgIpc) is 2.82. The van der Waals surface area contributed by atoms with E-state index in [1.54, 1.807) is 0 Å². The number of amides is 3. The number of rotatable bonds is 16. The zero-order valence-electron chi connectivity index (χ0n) is 19.6. The van der Waals surface area contributed by atoms with Crippen LogP contribution in [0.3, 0.4) is 0 Å². The van der Waals surface area contributed by atoms with Crippen molar-refractivity contribution in [3.05, 3.63) is 29.8 Å². The molecular weight excluding hydrogens is 494 g/mol. The van der Waals surface area contributed by atoms with Crippen LogP contribution in [0.4, 0.5) is 0 Å². The van der Waals surface area contributed by atoms with Gasteiger partial charge in [0, 0.05) is 12.2 Å². The fourth-order valence-corrected chi connectivity index (χ4v) is 3.28. The highest BCUT2D eigenvalue weighted by Crippen LogP contribution is 2.12. The van der Waals surface area contributed by atoms with Crippen molar-refractivity contribution in [2.45, 2.75) is 56.3 Å². The predicted molar refractivity (Wildman–Crippen MR) is 132 cm³/mol. The highest BCUT2D eigenvalue weighted by atomic mass is 32.1. The number of carbonyl (C=O) groups is 5. The lowest BCUT2D eigenvalue weighted by molar-refractivity contribution is -0.143. The maximum Gasteiger partial charge on any atom is 0.326 e. The van der Waals surface area contributed by atoms with E-state index in [0.29, 0.717) is 24.9 Å². The Morgan fingerprint density at radius 1 is 0.861 bits per heavy atom. The van der Waals surface area contributed by atoms with Gasteiger partial charge in [-0.3, -0.25) is 19.2 Å². The summed E-state index contributed by atoms with van der Waals surface area (Å²) in [5.74, 6) is -5.36. The summed E-state index contributed by atoms with van der Waals surface area (Å²) in [6.07, 6.45) is 0.203. The lowest BCUT2D eigenvalue weighted by Gasteiger charge is -2.24. The molecule has 200 valence electrons. The van der Waals surface area contributed by atoms with E-state index in [1.807, 2.05) is 0 Å². The molecule has 0 radical (unpaired) electrons. The summed E-state index contributed by atoms with van der Waals surface area (Å²) in [5.41, 5.74) is 11.5. The van der Waals surface area contributed by atoms with Gasteiger partial charge in [-0.1, -0.05) is 12.1 Å². The molecule has 13 nitrogen and oxygen atoms in total. The van der Waals surface area contributed by atoms with Gasteiger partial charge in [0.1, 0.15) is 23.9 Å². The molecule has 0 spiro atoms. The van der Waals surface area contributed by atoms with Crippen molar-refractivity contribution in [2.24, 2.45) is 11.5 Å². The monoisotopic (exact) mass is 527 g/mol. The maximum atomic E-state index is 13.0. The number of aromatic hydroxyl groups is 1. The molecule has 0 saturated carbocycles. The molecule has 0 aromatic heterocycles. The highest BCUT2D eigenvalue weighted by molar-refractivity contribution is 7.80. The molecule has 4 unspecified atom stereocenters. The van der Waals surface area contributed by atoms with Gasteiger partial charge >= 0.3 is 11.9 Å². The van der Waals surface area contributed by atoms with E-state index in [0.717, 1.165) is 0 Å². The van der Waals surface area contributed by atoms with Crippen LogP contribution in [0.25, 0.3) is 0 Å². The van der Waals surface area contributed by atoms with Crippen LogP contribution in [0.15, 0.2) is 24.3 Å². The largest absolute Gasteiger partial charge is 0.508 e. The van der Waals surface area contributed by atoms with Gasteiger partial charge in [-0.15, -0.1) is 0 Å². The molecule has 0 aliphatic heterocycles. The van der Waals surface area contributed by atoms with Gasteiger partial charge in [-0.05, 0) is 43.5 Å². The number of hydrogen-bond acceptors (Lipinski definition) is 9. The number of unbranched alkanes of at least 4 members (excludes halogenated alkanes) is 1. The fourth-order valence-electron chi connectivity index (χ4n) is 3.12. The Morgan fingerprint density at radius 2 is 1.42 bits per heavy atom. The van der Waals surface area contributed by atoms with Crippen LogP contribution in [0.2, 0.25) is 0 Å². The van der Waals surface area contributed by atoms with Crippen LogP contribution in [-0.4, -0.2) is 81.4 Å².